The van der Waals surface area contributed by atoms with Gasteiger partial charge in [-0.3, -0.25) is 5.10 Å². The number of allylic oxidation sites excluding steroid dienone is 1. The topological polar surface area (TPSA) is 87.7 Å². The molecule has 2 aromatic heterocycles. The van der Waals surface area contributed by atoms with Crippen molar-refractivity contribution in [3.8, 4) is 23.2 Å². The summed E-state index contributed by atoms with van der Waals surface area (Å²) < 4.78 is 5.64. The second kappa shape index (κ2) is 6.93. The maximum Gasteiger partial charge on any atom is 0.244 e. The average Bonchev–Trinajstić information content (AvgIpc) is 3.30. The van der Waals surface area contributed by atoms with Crippen LogP contribution in [0.25, 0.3) is 11.3 Å². The van der Waals surface area contributed by atoms with Gasteiger partial charge in [0.1, 0.15) is 11.6 Å². The number of nitrogens with one attached hydrogen (secondary N) is 1. The number of aromatic amines is 1. The Kier molecular flexibility index (Phi) is 4.46. The summed E-state index contributed by atoms with van der Waals surface area (Å²) in [4.78, 5) is 0. The Morgan fingerprint density at radius 1 is 1.30 bits per heavy atom. The number of ether oxygens (including phenoxy) is 1. The van der Waals surface area contributed by atoms with Crippen LogP contribution in [0.5, 0.6) is 5.88 Å². The van der Waals surface area contributed by atoms with Crippen molar-refractivity contribution in [1.29, 1.82) is 5.26 Å². The van der Waals surface area contributed by atoms with E-state index in [9.17, 15) is 5.26 Å². The largest absolute Gasteiger partial charge is 0.420 e. The number of hydrogen-bond acceptors (Lipinski definition) is 5. The van der Waals surface area contributed by atoms with Gasteiger partial charge in [-0.25, -0.2) is 0 Å². The highest BCUT2D eigenvalue weighted by atomic mass is 32.1. The molecule has 3 aromatic rings. The normalized spacial score (nSPS) is 16.1. The number of nitrogens with zero attached hydrogens (tertiary/aromatic N) is 2. The summed E-state index contributed by atoms with van der Waals surface area (Å²) in [6.07, 6.45) is 1.04. The van der Waals surface area contributed by atoms with E-state index in [1.807, 2.05) is 16.8 Å². The lowest BCUT2D eigenvalue weighted by Crippen LogP contribution is -2.20. The van der Waals surface area contributed by atoms with Gasteiger partial charge in [0.2, 0.25) is 11.8 Å². The van der Waals surface area contributed by atoms with E-state index in [4.69, 9.17) is 10.5 Å². The highest BCUT2D eigenvalue weighted by molar-refractivity contribution is 7.08. The second-order valence-electron chi connectivity index (χ2n) is 7.09. The van der Waals surface area contributed by atoms with Crippen molar-refractivity contribution in [3.63, 3.8) is 0 Å². The van der Waals surface area contributed by atoms with Crippen molar-refractivity contribution in [1.82, 2.24) is 10.2 Å². The third-order valence-corrected chi connectivity index (χ3v) is 5.40. The molecule has 0 saturated heterocycles. The van der Waals surface area contributed by atoms with E-state index in [1.165, 1.54) is 5.56 Å². The van der Waals surface area contributed by atoms with Crippen LogP contribution in [0.15, 0.2) is 52.5 Å². The zero-order valence-electron chi connectivity index (χ0n) is 15.2. The molecular formula is C21H20N4OS. The molecule has 0 saturated carbocycles. The molecule has 0 radical (unpaired) electrons. The van der Waals surface area contributed by atoms with Gasteiger partial charge in [0.15, 0.2) is 0 Å². The minimum Gasteiger partial charge on any atom is -0.420 e. The van der Waals surface area contributed by atoms with E-state index in [-0.39, 0.29) is 11.8 Å². The van der Waals surface area contributed by atoms with Gasteiger partial charge >= 0.3 is 0 Å². The van der Waals surface area contributed by atoms with Gasteiger partial charge in [-0.1, -0.05) is 38.1 Å². The van der Waals surface area contributed by atoms with Crippen molar-refractivity contribution in [2.24, 2.45) is 11.7 Å². The van der Waals surface area contributed by atoms with Crippen LogP contribution >= 0.6 is 11.3 Å². The predicted molar refractivity (Wildman–Crippen MR) is 106 cm³/mol. The first kappa shape index (κ1) is 17.4. The molecule has 0 unspecified atom stereocenters. The monoisotopic (exact) mass is 376 g/mol. The lowest BCUT2D eigenvalue weighted by atomic mass is 9.84. The Morgan fingerprint density at radius 3 is 2.70 bits per heavy atom. The molecule has 1 atom stereocenters. The molecule has 0 bridgehead atoms. The van der Waals surface area contributed by atoms with Gasteiger partial charge in [-0.15, -0.1) is 5.10 Å². The number of benzene rings is 1. The minimum atomic E-state index is -0.283. The highest BCUT2D eigenvalue weighted by Gasteiger charge is 2.35. The van der Waals surface area contributed by atoms with Gasteiger partial charge in [-0.2, -0.15) is 16.6 Å². The minimum absolute atomic E-state index is 0.117. The quantitative estimate of drug-likeness (QED) is 0.699. The molecule has 3 N–H and O–H groups in total. The van der Waals surface area contributed by atoms with E-state index in [2.05, 4.69) is 54.4 Å². The highest BCUT2D eigenvalue weighted by Crippen LogP contribution is 2.45. The summed E-state index contributed by atoms with van der Waals surface area (Å²) in [6.45, 7) is 4.42. The number of nitriles is 1. The maximum atomic E-state index is 9.68. The summed E-state index contributed by atoms with van der Waals surface area (Å²) in [5.74, 6) is 0.878. The van der Waals surface area contributed by atoms with Crippen LogP contribution in [-0.2, 0) is 6.42 Å². The zero-order chi connectivity index (χ0) is 19.0. The summed E-state index contributed by atoms with van der Waals surface area (Å²) in [5, 5.41) is 21.1. The molecule has 0 fully saturated rings. The number of thiophene rings is 1. The summed E-state index contributed by atoms with van der Waals surface area (Å²) in [7, 11) is 0. The van der Waals surface area contributed by atoms with Gasteiger partial charge in [-0.05, 0) is 40.3 Å². The van der Waals surface area contributed by atoms with E-state index in [0.717, 1.165) is 28.8 Å². The molecule has 1 aliphatic rings. The molecular weight excluding hydrogens is 356 g/mol. The SMILES string of the molecule is CC(C)Cc1ccc(-c2[nH]nc3c2[C@H](c2ccsc2)C(C#N)=C(N)O3)cc1. The van der Waals surface area contributed by atoms with Crippen molar-refractivity contribution in [3.05, 3.63) is 69.2 Å². The molecule has 6 heteroatoms. The van der Waals surface area contributed by atoms with Crippen LogP contribution in [0.1, 0.15) is 36.5 Å². The number of nitrogens with two attached hydrogens (primary N) is 1. The standard InChI is InChI=1S/C21H20N4OS/c1-12(2)9-13-3-5-14(6-4-13)19-18-17(15-7-8-27-11-15)16(10-22)20(23)26-21(18)25-24-19/h3-8,11-12,17H,9,23H2,1-2H3,(H,24,25)/t17-/m1/s1. The predicted octanol–water partition coefficient (Wildman–Crippen LogP) is 4.55. The van der Waals surface area contributed by atoms with Crippen LogP contribution in [0.4, 0.5) is 0 Å². The fraction of sp³-hybridized carbons (Fsp3) is 0.238. The Hall–Kier alpha value is -3.04. The van der Waals surface area contributed by atoms with Crippen molar-refractivity contribution in [2.45, 2.75) is 26.2 Å². The zero-order valence-corrected chi connectivity index (χ0v) is 16.0. The van der Waals surface area contributed by atoms with Crippen LogP contribution < -0.4 is 10.5 Å². The molecule has 5 nitrogen and oxygen atoms in total. The summed E-state index contributed by atoms with van der Waals surface area (Å²) >= 11 is 1.59. The Bertz CT molecular complexity index is 1020. The molecule has 0 aliphatic carbocycles. The van der Waals surface area contributed by atoms with Gasteiger partial charge < -0.3 is 10.5 Å². The lowest BCUT2D eigenvalue weighted by molar-refractivity contribution is 0.379. The first-order valence-electron chi connectivity index (χ1n) is 8.85. The van der Waals surface area contributed by atoms with E-state index in [1.54, 1.807) is 11.3 Å². The number of fused-ring (bicyclic) bond motifs is 1. The smallest absolute Gasteiger partial charge is 0.244 e. The molecule has 27 heavy (non-hydrogen) atoms. The molecule has 0 amide bonds. The third-order valence-electron chi connectivity index (χ3n) is 4.70. The molecule has 0 spiro atoms. The van der Waals surface area contributed by atoms with E-state index in [0.29, 0.717) is 17.4 Å². The second-order valence-corrected chi connectivity index (χ2v) is 7.87. The Labute approximate surface area is 162 Å². The van der Waals surface area contributed by atoms with E-state index >= 15 is 0 Å². The summed E-state index contributed by atoms with van der Waals surface area (Å²) in [5.41, 5.74) is 11.5. The molecule has 3 heterocycles. The average molecular weight is 376 g/mol. The number of rotatable bonds is 4. The first-order chi connectivity index (χ1) is 13.1. The molecule has 1 aromatic carbocycles. The van der Waals surface area contributed by atoms with Crippen LogP contribution in [-0.4, -0.2) is 10.2 Å². The van der Waals surface area contributed by atoms with Crippen LogP contribution in [0.2, 0.25) is 0 Å². The third kappa shape index (κ3) is 3.11. The fourth-order valence-corrected chi connectivity index (χ4v) is 4.20. The molecule has 4 rings (SSSR count). The fourth-order valence-electron chi connectivity index (χ4n) is 3.52. The number of hydrogen-bond donors (Lipinski definition) is 2. The lowest BCUT2D eigenvalue weighted by Gasteiger charge is -2.23. The number of aromatic nitrogens is 2. The van der Waals surface area contributed by atoms with Gasteiger partial charge in [0.05, 0.1) is 17.2 Å². The molecule has 1 aliphatic heterocycles. The van der Waals surface area contributed by atoms with Crippen LogP contribution in [0, 0.1) is 17.2 Å². The Morgan fingerprint density at radius 2 is 2.07 bits per heavy atom. The summed E-state index contributed by atoms with van der Waals surface area (Å²) in [6, 6.07) is 12.7. The van der Waals surface area contributed by atoms with Gasteiger partial charge in [0, 0.05) is 5.56 Å². The van der Waals surface area contributed by atoms with Crippen molar-refractivity contribution in [2.75, 3.05) is 0 Å². The Balaban J connectivity index is 1.81. The number of H-pyrrole nitrogens is 1. The van der Waals surface area contributed by atoms with E-state index < -0.39 is 0 Å². The maximum absolute atomic E-state index is 9.68. The van der Waals surface area contributed by atoms with Crippen LogP contribution in [0.3, 0.4) is 0 Å². The first-order valence-corrected chi connectivity index (χ1v) is 9.80. The van der Waals surface area contributed by atoms with Crippen molar-refractivity contribution >= 4 is 11.3 Å². The van der Waals surface area contributed by atoms with Gasteiger partial charge in [0.25, 0.3) is 0 Å². The van der Waals surface area contributed by atoms with Crippen molar-refractivity contribution < 1.29 is 4.74 Å². The molecule has 136 valence electrons.